The van der Waals surface area contributed by atoms with Gasteiger partial charge in [0.15, 0.2) is 0 Å². The van der Waals surface area contributed by atoms with Gasteiger partial charge in [-0.15, -0.1) is 0 Å². The molecule has 3 atom stereocenters. The van der Waals surface area contributed by atoms with Crippen LogP contribution in [0.3, 0.4) is 0 Å². The summed E-state index contributed by atoms with van der Waals surface area (Å²) < 4.78 is 11.0. The van der Waals surface area contributed by atoms with E-state index >= 15 is 0 Å². The largest absolute Gasteiger partial charge is 0.497 e. The van der Waals surface area contributed by atoms with Gasteiger partial charge >= 0.3 is 0 Å². The number of carbonyl (C=O) groups is 1. The van der Waals surface area contributed by atoms with Crippen molar-refractivity contribution in [2.45, 2.75) is 57.1 Å². The van der Waals surface area contributed by atoms with Gasteiger partial charge in [-0.2, -0.15) is 0 Å². The standard InChI is InChI=1S/C22H34N2O4/c1-4-12-23-20(25)15-24-13-11-22(26)10-6-5-7-18(22)21(24)17-9-8-16(27-2)14-19(17)28-3/h8-9,14,18,21,26H,4-7,10-13,15H2,1-3H3,(H,23,25). The minimum Gasteiger partial charge on any atom is -0.497 e. The van der Waals surface area contributed by atoms with E-state index in [2.05, 4.69) is 10.2 Å². The molecule has 1 amide bonds. The van der Waals surface area contributed by atoms with Gasteiger partial charge in [0.1, 0.15) is 11.5 Å². The number of likely N-dealkylation sites (tertiary alicyclic amines) is 1. The molecule has 0 radical (unpaired) electrons. The zero-order valence-electron chi connectivity index (χ0n) is 17.4. The summed E-state index contributed by atoms with van der Waals surface area (Å²) in [6, 6.07) is 5.80. The molecular weight excluding hydrogens is 356 g/mol. The highest BCUT2D eigenvalue weighted by Gasteiger charge is 2.49. The first kappa shape index (κ1) is 20.9. The summed E-state index contributed by atoms with van der Waals surface area (Å²) in [4.78, 5) is 14.7. The lowest BCUT2D eigenvalue weighted by atomic mass is 9.66. The van der Waals surface area contributed by atoms with Crippen molar-refractivity contribution in [2.75, 3.05) is 33.9 Å². The molecule has 2 N–H and O–H groups in total. The minimum atomic E-state index is -0.662. The molecule has 2 aliphatic rings. The van der Waals surface area contributed by atoms with Gasteiger partial charge in [-0.05, 0) is 31.7 Å². The lowest BCUT2D eigenvalue weighted by Gasteiger charge is -2.52. The van der Waals surface area contributed by atoms with Crippen LogP contribution in [0.1, 0.15) is 57.1 Å². The number of nitrogens with one attached hydrogen (secondary N) is 1. The molecule has 6 nitrogen and oxygen atoms in total. The number of benzene rings is 1. The van der Waals surface area contributed by atoms with Crippen LogP contribution >= 0.6 is 0 Å². The van der Waals surface area contributed by atoms with Gasteiger partial charge < -0.3 is 19.9 Å². The van der Waals surface area contributed by atoms with E-state index in [4.69, 9.17) is 9.47 Å². The summed E-state index contributed by atoms with van der Waals surface area (Å²) in [5.74, 6) is 1.62. The smallest absolute Gasteiger partial charge is 0.234 e. The fourth-order valence-corrected chi connectivity index (χ4v) is 4.90. The van der Waals surface area contributed by atoms with E-state index in [-0.39, 0.29) is 17.9 Å². The molecule has 1 aliphatic heterocycles. The second kappa shape index (κ2) is 9.14. The number of nitrogens with zero attached hydrogens (tertiary/aromatic N) is 1. The van der Waals surface area contributed by atoms with Gasteiger partial charge in [-0.3, -0.25) is 9.69 Å². The van der Waals surface area contributed by atoms with Crippen LogP contribution in [0.15, 0.2) is 18.2 Å². The number of ether oxygens (including phenoxy) is 2. The van der Waals surface area contributed by atoms with Gasteiger partial charge in [0, 0.05) is 36.7 Å². The molecule has 1 heterocycles. The Morgan fingerprint density at radius 3 is 2.82 bits per heavy atom. The van der Waals surface area contributed by atoms with Gasteiger partial charge in [0.05, 0.1) is 26.4 Å². The summed E-state index contributed by atoms with van der Waals surface area (Å²) in [5.41, 5.74) is 0.362. The van der Waals surface area contributed by atoms with Crippen molar-refractivity contribution < 1.29 is 19.4 Å². The van der Waals surface area contributed by atoms with Gasteiger partial charge in [0.2, 0.25) is 5.91 Å². The molecule has 1 aromatic carbocycles. The van der Waals surface area contributed by atoms with Crippen molar-refractivity contribution in [3.63, 3.8) is 0 Å². The second-order valence-corrected chi connectivity index (χ2v) is 8.08. The number of carbonyl (C=O) groups excluding carboxylic acids is 1. The predicted octanol–water partition coefficient (Wildman–Crippen LogP) is 2.90. The number of piperidine rings is 1. The maximum atomic E-state index is 12.5. The van der Waals surface area contributed by atoms with E-state index in [0.717, 1.165) is 49.2 Å². The number of rotatable bonds is 7. The highest BCUT2D eigenvalue weighted by atomic mass is 16.5. The zero-order chi connectivity index (χ0) is 20.1. The van der Waals surface area contributed by atoms with Crippen molar-refractivity contribution in [1.29, 1.82) is 0 Å². The van der Waals surface area contributed by atoms with Crippen LogP contribution in [-0.2, 0) is 4.79 Å². The van der Waals surface area contributed by atoms with Crippen LogP contribution in [0.5, 0.6) is 11.5 Å². The Balaban J connectivity index is 1.95. The highest BCUT2D eigenvalue weighted by molar-refractivity contribution is 5.78. The van der Waals surface area contributed by atoms with Crippen LogP contribution in [0, 0.1) is 5.92 Å². The highest BCUT2D eigenvalue weighted by Crippen LogP contribution is 2.51. The molecule has 1 saturated heterocycles. The Bertz CT molecular complexity index is 681. The zero-order valence-corrected chi connectivity index (χ0v) is 17.4. The topological polar surface area (TPSA) is 71.0 Å². The molecule has 0 aromatic heterocycles. The lowest BCUT2D eigenvalue weighted by Crippen LogP contribution is -2.56. The van der Waals surface area contributed by atoms with E-state index in [1.165, 1.54) is 0 Å². The van der Waals surface area contributed by atoms with E-state index in [1.54, 1.807) is 14.2 Å². The maximum absolute atomic E-state index is 12.5. The second-order valence-electron chi connectivity index (χ2n) is 8.08. The van der Waals surface area contributed by atoms with Crippen LogP contribution in [0.25, 0.3) is 0 Å². The molecule has 3 unspecified atom stereocenters. The third kappa shape index (κ3) is 4.28. The quantitative estimate of drug-likeness (QED) is 0.749. The fourth-order valence-electron chi connectivity index (χ4n) is 4.90. The average Bonchev–Trinajstić information content (AvgIpc) is 2.71. The molecule has 1 aromatic rings. The molecule has 28 heavy (non-hydrogen) atoms. The fraction of sp³-hybridized carbons (Fsp3) is 0.682. The minimum absolute atomic E-state index is 0.0422. The molecule has 1 saturated carbocycles. The Kier molecular flexibility index (Phi) is 6.83. The van der Waals surface area contributed by atoms with Crippen LogP contribution in [-0.4, -0.2) is 55.4 Å². The first-order valence-electron chi connectivity index (χ1n) is 10.5. The van der Waals surface area contributed by atoms with Crippen molar-refractivity contribution in [2.24, 2.45) is 5.92 Å². The average molecular weight is 391 g/mol. The van der Waals surface area contributed by atoms with Crippen LogP contribution in [0.2, 0.25) is 0 Å². The van der Waals surface area contributed by atoms with Crippen molar-refractivity contribution >= 4 is 5.91 Å². The summed E-state index contributed by atoms with van der Waals surface area (Å²) >= 11 is 0. The van der Waals surface area contributed by atoms with Gasteiger partial charge in [-0.25, -0.2) is 0 Å². The summed E-state index contributed by atoms with van der Waals surface area (Å²) in [6.45, 7) is 3.78. The summed E-state index contributed by atoms with van der Waals surface area (Å²) in [6.07, 6.45) is 5.61. The number of hydrogen-bond acceptors (Lipinski definition) is 5. The molecule has 6 heteroatoms. The Morgan fingerprint density at radius 1 is 1.29 bits per heavy atom. The van der Waals surface area contributed by atoms with E-state index < -0.39 is 5.60 Å². The normalized spacial score (nSPS) is 27.7. The first-order valence-corrected chi connectivity index (χ1v) is 10.5. The van der Waals surface area contributed by atoms with Crippen molar-refractivity contribution in [3.05, 3.63) is 23.8 Å². The number of aliphatic hydroxyl groups is 1. The number of hydrogen-bond donors (Lipinski definition) is 2. The van der Waals surface area contributed by atoms with E-state index in [0.29, 0.717) is 26.1 Å². The molecule has 2 fully saturated rings. The molecule has 0 spiro atoms. The first-order chi connectivity index (χ1) is 13.5. The van der Waals surface area contributed by atoms with Crippen molar-refractivity contribution in [1.82, 2.24) is 10.2 Å². The van der Waals surface area contributed by atoms with E-state index in [9.17, 15) is 9.90 Å². The number of amides is 1. The predicted molar refractivity (Wildman–Crippen MR) is 109 cm³/mol. The van der Waals surface area contributed by atoms with Crippen LogP contribution < -0.4 is 14.8 Å². The Morgan fingerprint density at radius 2 is 2.11 bits per heavy atom. The van der Waals surface area contributed by atoms with Crippen LogP contribution in [0.4, 0.5) is 0 Å². The van der Waals surface area contributed by atoms with E-state index in [1.807, 2.05) is 25.1 Å². The maximum Gasteiger partial charge on any atom is 0.234 e. The van der Waals surface area contributed by atoms with Crippen molar-refractivity contribution in [3.8, 4) is 11.5 Å². The molecular formula is C22H34N2O4. The molecule has 3 rings (SSSR count). The van der Waals surface area contributed by atoms with Gasteiger partial charge in [0.25, 0.3) is 0 Å². The number of fused-ring (bicyclic) bond motifs is 1. The SMILES string of the molecule is CCCNC(=O)CN1CCC2(O)CCCCC2C1c1ccc(OC)cc1OC. The molecule has 0 bridgehead atoms. The summed E-state index contributed by atoms with van der Waals surface area (Å²) in [5, 5.41) is 14.4. The Labute approximate surface area is 168 Å². The van der Waals surface area contributed by atoms with Gasteiger partial charge in [-0.1, -0.05) is 25.8 Å². The monoisotopic (exact) mass is 390 g/mol. The molecule has 1 aliphatic carbocycles. The summed E-state index contributed by atoms with van der Waals surface area (Å²) in [7, 11) is 3.30. The lowest BCUT2D eigenvalue weighted by molar-refractivity contribution is -0.138. The Hall–Kier alpha value is -1.79. The number of methoxy groups -OCH3 is 2. The third-order valence-electron chi connectivity index (χ3n) is 6.35. The molecule has 156 valence electrons. The third-order valence-corrected chi connectivity index (χ3v) is 6.35.